The summed E-state index contributed by atoms with van der Waals surface area (Å²) >= 11 is 0. The topological polar surface area (TPSA) is 8.17 Å². The molecule has 0 aliphatic heterocycles. The fraction of sp³-hybridized carbons (Fsp3) is 0.0588. The number of benzene rings is 7. The first kappa shape index (κ1) is 32.3. The molecule has 0 radical (unpaired) electrons. The maximum atomic E-state index is 4.10. The second-order valence-corrected chi connectivity index (χ2v) is 14.3. The van der Waals surface area contributed by atoms with Crippen molar-refractivity contribution in [3.63, 3.8) is 0 Å². The van der Waals surface area contributed by atoms with Crippen LogP contribution in [0.3, 0.4) is 0 Å². The van der Waals surface area contributed by atoms with Gasteiger partial charge in [0, 0.05) is 39.4 Å². The van der Waals surface area contributed by atoms with Gasteiger partial charge in [-0.05, 0) is 99.1 Å². The van der Waals surface area contributed by atoms with Crippen molar-refractivity contribution in [3.05, 3.63) is 218 Å². The number of para-hydroxylation sites is 2. The van der Waals surface area contributed by atoms with Crippen molar-refractivity contribution in [1.82, 2.24) is 4.57 Å². The van der Waals surface area contributed by atoms with Crippen LogP contribution in [0.15, 0.2) is 201 Å². The monoisotopic (exact) mass is 680 g/mol. The summed E-state index contributed by atoms with van der Waals surface area (Å²) in [6.07, 6.45) is 8.35. The number of nitrogens with zero attached hydrogens (tertiary/aromatic N) is 2. The van der Waals surface area contributed by atoms with Crippen LogP contribution in [0.4, 0.5) is 11.4 Å². The van der Waals surface area contributed by atoms with Crippen molar-refractivity contribution < 1.29 is 0 Å². The molecule has 53 heavy (non-hydrogen) atoms. The SMILES string of the molecule is C=C/C(=C\C=C\N(c1ccc(-c2ccccc2)cc1)c1ccc2c(c1)C(C)(C)c1cc(-n3c4ccccc4c4ccccc43)ccc1-2)c1ccccc1. The highest BCUT2D eigenvalue weighted by Crippen LogP contribution is 2.51. The first-order chi connectivity index (χ1) is 26.0. The van der Waals surface area contributed by atoms with Crippen LogP contribution < -0.4 is 4.90 Å². The third kappa shape index (κ3) is 5.60. The van der Waals surface area contributed by atoms with E-state index in [1.165, 1.54) is 60.9 Å². The maximum absolute atomic E-state index is 4.10. The lowest BCUT2D eigenvalue weighted by molar-refractivity contribution is 0.660. The highest BCUT2D eigenvalue weighted by atomic mass is 15.1. The molecule has 0 saturated heterocycles. The summed E-state index contributed by atoms with van der Waals surface area (Å²) in [5.74, 6) is 0. The molecule has 0 atom stereocenters. The average molecular weight is 681 g/mol. The minimum Gasteiger partial charge on any atom is -0.317 e. The molecule has 2 heteroatoms. The van der Waals surface area contributed by atoms with Crippen molar-refractivity contribution in [2.24, 2.45) is 0 Å². The van der Waals surface area contributed by atoms with Gasteiger partial charge in [-0.2, -0.15) is 0 Å². The number of aromatic nitrogens is 1. The predicted molar refractivity (Wildman–Crippen MR) is 226 cm³/mol. The minimum absolute atomic E-state index is 0.203. The molecule has 0 saturated carbocycles. The molecule has 0 spiro atoms. The van der Waals surface area contributed by atoms with Gasteiger partial charge in [-0.1, -0.05) is 154 Å². The molecule has 2 nitrogen and oxygen atoms in total. The average Bonchev–Trinajstić information content (AvgIpc) is 3.66. The first-order valence-corrected chi connectivity index (χ1v) is 18.3. The Morgan fingerprint density at radius 2 is 1.11 bits per heavy atom. The van der Waals surface area contributed by atoms with Gasteiger partial charge in [0.05, 0.1) is 11.0 Å². The van der Waals surface area contributed by atoms with Gasteiger partial charge in [-0.15, -0.1) is 0 Å². The van der Waals surface area contributed by atoms with E-state index >= 15 is 0 Å². The summed E-state index contributed by atoms with van der Waals surface area (Å²) in [4.78, 5) is 2.29. The Morgan fingerprint density at radius 1 is 0.566 bits per heavy atom. The molecule has 1 aliphatic rings. The highest BCUT2D eigenvalue weighted by molar-refractivity contribution is 6.09. The zero-order valence-corrected chi connectivity index (χ0v) is 30.1. The zero-order chi connectivity index (χ0) is 35.9. The molecule has 7 aromatic carbocycles. The third-order valence-corrected chi connectivity index (χ3v) is 10.9. The quantitative estimate of drug-likeness (QED) is 0.145. The first-order valence-electron chi connectivity index (χ1n) is 18.3. The van der Waals surface area contributed by atoms with Crippen LogP contribution in [0, 0.1) is 0 Å². The van der Waals surface area contributed by atoms with Crippen molar-refractivity contribution in [1.29, 1.82) is 0 Å². The van der Waals surface area contributed by atoms with Gasteiger partial charge >= 0.3 is 0 Å². The highest BCUT2D eigenvalue weighted by Gasteiger charge is 2.36. The van der Waals surface area contributed by atoms with Crippen LogP contribution >= 0.6 is 0 Å². The van der Waals surface area contributed by atoms with E-state index in [2.05, 4.69) is 212 Å². The van der Waals surface area contributed by atoms with E-state index in [1.54, 1.807) is 0 Å². The fourth-order valence-electron chi connectivity index (χ4n) is 8.11. The zero-order valence-electron chi connectivity index (χ0n) is 30.1. The molecule has 0 bridgehead atoms. The third-order valence-electron chi connectivity index (χ3n) is 10.9. The summed E-state index contributed by atoms with van der Waals surface area (Å²) < 4.78 is 2.42. The second-order valence-electron chi connectivity index (χ2n) is 14.3. The maximum Gasteiger partial charge on any atom is 0.0541 e. The molecule has 1 heterocycles. The van der Waals surface area contributed by atoms with Gasteiger partial charge in [-0.25, -0.2) is 0 Å². The van der Waals surface area contributed by atoms with Crippen LogP contribution in [0.2, 0.25) is 0 Å². The van der Waals surface area contributed by atoms with Gasteiger partial charge in [0.25, 0.3) is 0 Å². The lowest BCUT2D eigenvalue weighted by Gasteiger charge is -2.26. The Bertz CT molecular complexity index is 2640. The van der Waals surface area contributed by atoms with Crippen LogP contribution in [-0.2, 0) is 5.41 Å². The molecule has 254 valence electrons. The molecule has 1 aliphatic carbocycles. The van der Waals surface area contributed by atoms with Crippen LogP contribution in [-0.4, -0.2) is 4.57 Å². The molecular formula is C51H40N2. The Hall–Kier alpha value is -6.64. The summed E-state index contributed by atoms with van der Waals surface area (Å²) in [5, 5.41) is 2.55. The number of rotatable bonds is 8. The Morgan fingerprint density at radius 3 is 1.77 bits per heavy atom. The largest absolute Gasteiger partial charge is 0.317 e. The molecule has 0 unspecified atom stereocenters. The van der Waals surface area contributed by atoms with Gasteiger partial charge in [-0.3, -0.25) is 0 Å². The lowest BCUT2D eigenvalue weighted by Crippen LogP contribution is -2.16. The molecule has 9 rings (SSSR count). The van der Waals surface area contributed by atoms with Crippen LogP contribution in [0.5, 0.6) is 0 Å². The van der Waals surface area contributed by atoms with Gasteiger partial charge in [0.15, 0.2) is 0 Å². The van der Waals surface area contributed by atoms with E-state index < -0.39 is 0 Å². The number of fused-ring (bicyclic) bond motifs is 6. The number of anilines is 2. The van der Waals surface area contributed by atoms with E-state index in [9.17, 15) is 0 Å². The number of hydrogen-bond donors (Lipinski definition) is 0. The molecule has 8 aromatic rings. The predicted octanol–water partition coefficient (Wildman–Crippen LogP) is 13.7. The second kappa shape index (κ2) is 13.2. The smallest absolute Gasteiger partial charge is 0.0541 e. The standard InChI is InChI=1S/C51H40N2/c1-4-36(37-16-7-5-8-17-37)20-15-33-52(40-27-25-39(26-28-40)38-18-9-6-10-19-38)41-29-31-43-44-32-30-42(35-48(44)51(2,3)47(43)34-41)53-49-23-13-11-21-45(49)46-22-12-14-24-50(46)53/h4-35H,1H2,2-3H3/b33-15+,36-20+. The summed E-state index contributed by atoms with van der Waals surface area (Å²) in [6.45, 7) is 8.83. The summed E-state index contributed by atoms with van der Waals surface area (Å²) in [6, 6.07) is 61.3. The van der Waals surface area contributed by atoms with E-state index in [4.69, 9.17) is 0 Å². The number of hydrogen-bond acceptors (Lipinski definition) is 1. The van der Waals surface area contributed by atoms with Gasteiger partial charge in [0.1, 0.15) is 0 Å². The van der Waals surface area contributed by atoms with Crippen LogP contribution in [0.1, 0.15) is 30.5 Å². The normalized spacial score (nSPS) is 13.4. The summed E-state index contributed by atoms with van der Waals surface area (Å²) in [7, 11) is 0. The van der Waals surface area contributed by atoms with E-state index in [-0.39, 0.29) is 5.41 Å². The fourth-order valence-corrected chi connectivity index (χ4v) is 8.11. The van der Waals surface area contributed by atoms with Crippen molar-refractivity contribution >= 4 is 38.8 Å². The Labute approximate surface area is 311 Å². The van der Waals surface area contributed by atoms with E-state index in [0.29, 0.717) is 0 Å². The van der Waals surface area contributed by atoms with E-state index in [1.807, 2.05) is 12.1 Å². The minimum atomic E-state index is -0.203. The van der Waals surface area contributed by atoms with Gasteiger partial charge < -0.3 is 9.47 Å². The van der Waals surface area contributed by atoms with Crippen molar-refractivity contribution in [2.75, 3.05) is 4.90 Å². The molecule has 0 fully saturated rings. The Balaban J connectivity index is 1.12. The molecule has 0 N–H and O–H groups in total. The van der Waals surface area contributed by atoms with Crippen molar-refractivity contribution in [2.45, 2.75) is 19.3 Å². The summed E-state index contributed by atoms with van der Waals surface area (Å²) in [5.41, 5.74) is 15.5. The molecule has 0 amide bonds. The Kier molecular flexibility index (Phi) is 8.01. The number of allylic oxidation sites excluding steroid dienone is 4. The van der Waals surface area contributed by atoms with E-state index in [0.717, 1.165) is 22.5 Å². The van der Waals surface area contributed by atoms with Crippen LogP contribution in [0.25, 0.3) is 55.3 Å². The lowest BCUT2D eigenvalue weighted by atomic mass is 9.82. The van der Waals surface area contributed by atoms with Gasteiger partial charge in [0.2, 0.25) is 0 Å². The molecular weight excluding hydrogens is 641 g/mol. The van der Waals surface area contributed by atoms with Crippen molar-refractivity contribution in [3.8, 4) is 27.9 Å². The molecule has 1 aromatic heterocycles.